The molecule has 0 saturated carbocycles. The van der Waals surface area contributed by atoms with Crippen LogP contribution in [0, 0.1) is 25.7 Å². The highest BCUT2D eigenvalue weighted by molar-refractivity contribution is 5.93. The van der Waals surface area contributed by atoms with Gasteiger partial charge in [-0.3, -0.25) is 14.7 Å². The van der Waals surface area contributed by atoms with Gasteiger partial charge in [-0.05, 0) is 75.7 Å². The van der Waals surface area contributed by atoms with Gasteiger partial charge in [0.15, 0.2) is 5.76 Å². The number of nitrogens with zero attached hydrogens (tertiary/aromatic N) is 3. The van der Waals surface area contributed by atoms with Crippen LogP contribution in [0.15, 0.2) is 35.0 Å². The highest BCUT2D eigenvalue weighted by Crippen LogP contribution is 2.33. The number of furan rings is 1. The first-order chi connectivity index (χ1) is 13.1. The number of pyridine rings is 1. The van der Waals surface area contributed by atoms with Gasteiger partial charge < -0.3 is 9.32 Å². The first-order valence-corrected chi connectivity index (χ1v) is 10.1. The van der Waals surface area contributed by atoms with E-state index in [4.69, 9.17) is 4.42 Å². The Balaban J connectivity index is 1.29. The van der Waals surface area contributed by atoms with Gasteiger partial charge in [-0.15, -0.1) is 0 Å². The van der Waals surface area contributed by atoms with E-state index in [-0.39, 0.29) is 5.91 Å². The van der Waals surface area contributed by atoms with Gasteiger partial charge in [-0.2, -0.15) is 0 Å². The zero-order valence-electron chi connectivity index (χ0n) is 16.4. The molecule has 1 atom stereocenters. The molecule has 4 heterocycles. The summed E-state index contributed by atoms with van der Waals surface area (Å²) in [5, 5.41) is 0. The molecule has 2 aliphatic heterocycles. The molecule has 2 aliphatic rings. The van der Waals surface area contributed by atoms with Gasteiger partial charge in [-0.1, -0.05) is 6.07 Å². The molecular formula is C22H29N3O2. The Bertz CT molecular complexity index is 778. The highest BCUT2D eigenvalue weighted by Gasteiger charge is 2.35. The molecule has 2 saturated heterocycles. The molecule has 5 heteroatoms. The summed E-state index contributed by atoms with van der Waals surface area (Å²) < 4.78 is 5.64. The average Bonchev–Trinajstić information content (AvgIpc) is 3.29. The fourth-order valence-corrected chi connectivity index (χ4v) is 4.69. The number of likely N-dealkylation sites (tertiary alicyclic amines) is 2. The van der Waals surface area contributed by atoms with Crippen molar-refractivity contribution in [2.75, 3.05) is 26.2 Å². The van der Waals surface area contributed by atoms with Crippen molar-refractivity contribution in [1.29, 1.82) is 0 Å². The van der Waals surface area contributed by atoms with Crippen molar-refractivity contribution in [3.63, 3.8) is 0 Å². The maximum Gasteiger partial charge on any atom is 0.289 e. The monoisotopic (exact) mass is 367 g/mol. The zero-order chi connectivity index (χ0) is 18.8. The molecule has 0 aliphatic carbocycles. The molecule has 4 rings (SSSR count). The van der Waals surface area contributed by atoms with Crippen molar-refractivity contribution >= 4 is 5.91 Å². The minimum absolute atomic E-state index is 0.0668. The van der Waals surface area contributed by atoms with Crippen molar-refractivity contribution in [3.8, 4) is 0 Å². The fraction of sp³-hybridized carbons (Fsp3) is 0.545. The van der Waals surface area contributed by atoms with Crippen LogP contribution >= 0.6 is 0 Å². The number of carbonyl (C=O) groups is 1. The number of carbonyl (C=O) groups excluding carboxylic acids is 1. The summed E-state index contributed by atoms with van der Waals surface area (Å²) in [6, 6.07) is 6.10. The van der Waals surface area contributed by atoms with Crippen molar-refractivity contribution < 1.29 is 9.21 Å². The number of aromatic nitrogens is 1. The molecule has 144 valence electrons. The maximum atomic E-state index is 12.8. The zero-order valence-corrected chi connectivity index (χ0v) is 16.4. The topological polar surface area (TPSA) is 49.6 Å². The minimum atomic E-state index is 0.0668. The summed E-state index contributed by atoms with van der Waals surface area (Å²) >= 11 is 0. The van der Waals surface area contributed by atoms with Crippen molar-refractivity contribution in [1.82, 2.24) is 14.8 Å². The van der Waals surface area contributed by atoms with E-state index in [0.29, 0.717) is 11.7 Å². The normalized spacial score (nSPS) is 21.7. The summed E-state index contributed by atoms with van der Waals surface area (Å²) in [5.41, 5.74) is 2.24. The lowest BCUT2D eigenvalue weighted by Crippen LogP contribution is -2.37. The third-order valence-electron chi connectivity index (χ3n) is 6.18. The van der Waals surface area contributed by atoms with E-state index in [2.05, 4.69) is 16.0 Å². The molecule has 5 nitrogen and oxygen atoms in total. The molecule has 2 fully saturated rings. The second-order valence-electron chi connectivity index (χ2n) is 8.14. The molecule has 0 aromatic carbocycles. The first-order valence-electron chi connectivity index (χ1n) is 10.1. The third kappa shape index (κ3) is 4.08. The fourth-order valence-electron chi connectivity index (χ4n) is 4.69. The van der Waals surface area contributed by atoms with Crippen LogP contribution in [-0.2, 0) is 6.54 Å². The molecule has 2 aromatic rings. The second kappa shape index (κ2) is 7.85. The lowest BCUT2D eigenvalue weighted by atomic mass is 9.83. The Hall–Kier alpha value is -2.14. The Morgan fingerprint density at radius 3 is 2.63 bits per heavy atom. The van der Waals surface area contributed by atoms with Crippen molar-refractivity contribution in [2.45, 2.75) is 39.7 Å². The molecule has 1 amide bonds. The van der Waals surface area contributed by atoms with Gasteiger partial charge in [-0.25, -0.2) is 0 Å². The van der Waals surface area contributed by atoms with Crippen LogP contribution in [0.4, 0.5) is 0 Å². The van der Waals surface area contributed by atoms with Crippen molar-refractivity contribution in [2.24, 2.45) is 11.8 Å². The highest BCUT2D eigenvalue weighted by atomic mass is 16.4. The third-order valence-corrected chi connectivity index (χ3v) is 6.18. The Labute approximate surface area is 161 Å². The summed E-state index contributed by atoms with van der Waals surface area (Å²) in [7, 11) is 0. The van der Waals surface area contributed by atoms with Crippen LogP contribution in [0.3, 0.4) is 0 Å². The van der Waals surface area contributed by atoms with E-state index in [9.17, 15) is 4.79 Å². The maximum absolute atomic E-state index is 12.8. The Morgan fingerprint density at radius 1 is 1.19 bits per heavy atom. The smallest absolute Gasteiger partial charge is 0.289 e. The van der Waals surface area contributed by atoms with Gasteiger partial charge in [0, 0.05) is 37.6 Å². The van der Waals surface area contributed by atoms with Gasteiger partial charge in [0.2, 0.25) is 0 Å². The SMILES string of the molecule is Cc1cc(C)c(C(=O)N2CC[C@@H](C3CCN(Cc4cccnc4)CC3)C2)o1. The second-order valence-corrected chi connectivity index (χ2v) is 8.14. The van der Waals surface area contributed by atoms with E-state index in [1.54, 1.807) is 0 Å². The number of rotatable bonds is 4. The van der Waals surface area contributed by atoms with Crippen LogP contribution in [-0.4, -0.2) is 46.9 Å². The van der Waals surface area contributed by atoms with Gasteiger partial charge in [0.25, 0.3) is 5.91 Å². The van der Waals surface area contributed by atoms with E-state index < -0.39 is 0 Å². The van der Waals surface area contributed by atoms with Crippen LogP contribution in [0.2, 0.25) is 0 Å². The predicted octanol–water partition coefficient (Wildman–Crippen LogP) is 3.67. The van der Waals surface area contributed by atoms with E-state index >= 15 is 0 Å². The van der Waals surface area contributed by atoms with E-state index in [1.165, 1.54) is 18.4 Å². The summed E-state index contributed by atoms with van der Waals surface area (Å²) in [6.07, 6.45) is 7.37. The molecule has 27 heavy (non-hydrogen) atoms. The van der Waals surface area contributed by atoms with Gasteiger partial charge in [0.1, 0.15) is 5.76 Å². The first kappa shape index (κ1) is 18.2. The number of aryl methyl sites for hydroxylation is 2. The Morgan fingerprint density at radius 2 is 1.96 bits per heavy atom. The number of hydrogen-bond donors (Lipinski definition) is 0. The lowest BCUT2D eigenvalue weighted by Gasteiger charge is -2.34. The van der Waals surface area contributed by atoms with Gasteiger partial charge in [0.05, 0.1) is 0 Å². The number of piperidine rings is 1. The Kier molecular flexibility index (Phi) is 5.30. The molecule has 0 unspecified atom stereocenters. The molecule has 0 spiro atoms. The molecule has 0 N–H and O–H groups in total. The molecule has 2 aromatic heterocycles. The van der Waals surface area contributed by atoms with Gasteiger partial charge >= 0.3 is 0 Å². The number of amides is 1. The predicted molar refractivity (Wildman–Crippen MR) is 104 cm³/mol. The van der Waals surface area contributed by atoms with E-state index in [1.807, 2.05) is 43.3 Å². The standard InChI is InChI=1S/C22H29N3O2/c1-16-12-17(2)27-21(16)22(26)25-11-7-20(15-25)19-5-9-24(10-6-19)14-18-4-3-8-23-13-18/h3-4,8,12-13,19-20H,5-7,9-11,14-15H2,1-2H3/t20-/m1/s1. The molecule has 0 bridgehead atoms. The summed E-state index contributed by atoms with van der Waals surface area (Å²) in [4.78, 5) is 21.5. The van der Waals surface area contributed by atoms with E-state index in [0.717, 1.165) is 56.4 Å². The summed E-state index contributed by atoms with van der Waals surface area (Å²) in [6.45, 7) is 8.86. The summed E-state index contributed by atoms with van der Waals surface area (Å²) in [5.74, 6) is 2.77. The minimum Gasteiger partial charge on any atom is -0.456 e. The number of hydrogen-bond acceptors (Lipinski definition) is 4. The van der Waals surface area contributed by atoms with Crippen molar-refractivity contribution in [3.05, 3.63) is 53.2 Å². The van der Waals surface area contributed by atoms with Crippen LogP contribution < -0.4 is 0 Å². The lowest BCUT2D eigenvalue weighted by molar-refractivity contribution is 0.0739. The quantitative estimate of drug-likeness (QED) is 0.827. The molecular weight excluding hydrogens is 338 g/mol. The van der Waals surface area contributed by atoms with Crippen LogP contribution in [0.1, 0.15) is 46.7 Å². The average molecular weight is 367 g/mol. The van der Waals surface area contributed by atoms with Crippen LogP contribution in [0.25, 0.3) is 0 Å². The van der Waals surface area contributed by atoms with Crippen LogP contribution in [0.5, 0.6) is 0 Å². The largest absolute Gasteiger partial charge is 0.456 e. The molecule has 0 radical (unpaired) electrons.